The van der Waals surface area contributed by atoms with Crippen molar-refractivity contribution in [2.45, 2.75) is 51.9 Å². The van der Waals surface area contributed by atoms with Crippen LogP contribution in [0.1, 0.15) is 66.1 Å². The van der Waals surface area contributed by atoms with Crippen molar-refractivity contribution in [3.05, 3.63) is 52.7 Å². The lowest BCUT2D eigenvalue weighted by Gasteiger charge is -2.25. The summed E-state index contributed by atoms with van der Waals surface area (Å²) in [6.07, 6.45) is 1.25. The molecule has 1 amide bonds. The van der Waals surface area contributed by atoms with E-state index in [-0.39, 0.29) is 24.9 Å². The second-order valence-electron chi connectivity index (χ2n) is 8.04. The van der Waals surface area contributed by atoms with Gasteiger partial charge in [-0.1, -0.05) is 26.0 Å². The third-order valence-electron chi connectivity index (χ3n) is 5.49. The van der Waals surface area contributed by atoms with Gasteiger partial charge in [0.15, 0.2) is 0 Å². The van der Waals surface area contributed by atoms with Crippen molar-refractivity contribution in [1.29, 1.82) is 5.26 Å². The molecule has 3 rings (SSSR count). The zero-order valence-electron chi connectivity index (χ0n) is 17.5. The number of nitrogens with zero attached hydrogens (tertiary/aromatic N) is 3. The fraction of sp³-hybridized carbons (Fsp3) is 0.435. The number of amides is 1. The average molecular weight is 412 g/mol. The van der Waals surface area contributed by atoms with Crippen LogP contribution in [-0.2, 0) is 0 Å². The Balaban J connectivity index is 1.97. The number of halogens is 2. The molecule has 2 heterocycles. The molecule has 1 fully saturated rings. The molecule has 1 N–H and O–H groups in total. The third kappa shape index (κ3) is 4.76. The number of benzene rings is 1. The van der Waals surface area contributed by atoms with Crippen molar-refractivity contribution < 1.29 is 13.6 Å². The van der Waals surface area contributed by atoms with Crippen LogP contribution in [0.5, 0.6) is 0 Å². The molecule has 0 spiro atoms. The summed E-state index contributed by atoms with van der Waals surface area (Å²) >= 11 is 0. The highest BCUT2D eigenvalue weighted by Crippen LogP contribution is 2.32. The number of alkyl halides is 2. The summed E-state index contributed by atoms with van der Waals surface area (Å²) in [5.41, 5.74) is 2.77. The Bertz CT molecular complexity index is 982. The van der Waals surface area contributed by atoms with Crippen molar-refractivity contribution in [3.63, 3.8) is 0 Å². The molecule has 158 valence electrons. The molecule has 7 heteroatoms. The number of nitrogens with one attached hydrogen (secondary N) is 1. The number of carbonyl (C=O) groups is 1. The maximum Gasteiger partial charge on any atom is 0.259 e. The van der Waals surface area contributed by atoms with Gasteiger partial charge in [0.1, 0.15) is 11.9 Å². The zero-order chi connectivity index (χ0) is 21.9. The van der Waals surface area contributed by atoms with Crippen molar-refractivity contribution in [1.82, 2.24) is 4.98 Å². The lowest BCUT2D eigenvalue weighted by molar-refractivity contribution is -0.0102. The molecule has 1 aliphatic rings. The van der Waals surface area contributed by atoms with Crippen LogP contribution in [0.15, 0.2) is 30.5 Å². The molecule has 30 heavy (non-hydrogen) atoms. The Hall–Kier alpha value is -3.01. The van der Waals surface area contributed by atoms with Crippen LogP contribution in [0.4, 0.5) is 20.3 Å². The molecule has 0 atom stereocenters. The van der Waals surface area contributed by atoms with Gasteiger partial charge in [0.2, 0.25) is 5.92 Å². The highest BCUT2D eigenvalue weighted by Gasteiger charge is 2.33. The molecule has 0 aliphatic carbocycles. The number of rotatable bonds is 4. The Morgan fingerprint density at radius 1 is 1.30 bits per heavy atom. The van der Waals surface area contributed by atoms with E-state index >= 15 is 0 Å². The van der Waals surface area contributed by atoms with E-state index in [4.69, 9.17) is 0 Å². The van der Waals surface area contributed by atoms with Crippen molar-refractivity contribution in [2.75, 3.05) is 23.3 Å². The summed E-state index contributed by atoms with van der Waals surface area (Å²) in [7, 11) is 0. The minimum absolute atomic E-state index is 0.106. The van der Waals surface area contributed by atoms with Crippen LogP contribution >= 0.6 is 0 Å². The summed E-state index contributed by atoms with van der Waals surface area (Å²) in [5, 5.41) is 12.3. The van der Waals surface area contributed by atoms with Crippen LogP contribution in [0.25, 0.3) is 0 Å². The first-order chi connectivity index (χ1) is 14.2. The SMILES string of the molecule is Cc1c(C#N)cnc(N2CCCC(F)(F)CC2)c1C(=O)Nc1cccc(C(C)C)c1. The molecular formula is C23H26F2N4O. The predicted molar refractivity (Wildman–Crippen MR) is 113 cm³/mol. The number of anilines is 2. The largest absolute Gasteiger partial charge is 0.356 e. The van der Waals surface area contributed by atoms with Crippen molar-refractivity contribution >= 4 is 17.4 Å². The predicted octanol–water partition coefficient (Wildman–Crippen LogP) is 5.26. The second-order valence-corrected chi connectivity index (χ2v) is 8.04. The lowest BCUT2D eigenvalue weighted by Crippen LogP contribution is -2.30. The first-order valence-electron chi connectivity index (χ1n) is 10.2. The van der Waals surface area contributed by atoms with Crippen molar-refractivity contribution in [2.24, 2.45) is 0 Å². The van der Waals surface area contributed by atoms with Gasteiger partial charge in [-0.2, -0.15) is 5.26 Å². The van der Waals surface area contributed by atoms with Gasteiger partial charge in [-0.3, -0.25) is 4.79 Å². The summed E-state index contributed by atoms with van der Waals surface area (Å²) in [5.74, 6) is -2.46. The highest BCUT2D eigenvalue weighted by atomic mass is 19.3. The molecular weight excluding hydrogens is 386 g/mol. The standard InChI is InChI=1S/C23H26F2N4O/c1-15(2)17-6-4-7-19(12-17)28-22(30)20-16(3)18(13-26)14-27-21(20)29-10-5-8-23(24,25)9-11-29/h4,6-7,12,14-15H,5,8-11H2,1-3H3,(H,28,30). The normalized spacial score (nSPS) is 16.1. The maximum atomic E-state index is 13.8. The first-order valence-corrected chi connectivity index (χ1v) is 10.2. The molecule has 1 saturated heterocycles. The lowest BCUT2D eigenvalue weighted by atomic mass is 10.0. The Morgan fingerprint density at radius 2 is 2.07 bits per heavy atom. The topological polar surface area (TPSA) is 69.0 Å². The number of aromatic nitrogens is 1. The number of nitriles is 1. The fourth-order valence-corrected chi connectivity index (χ4v) is 3.66. The number of hydrogen-bond acceptors (Lipinski definition) is 4. The minimum atomic E-state index is -2.71. The molecule has 0 unspecified atom stereocenters. The molecule has 1 aromatic heterocycles. The minimum Gasteiger partial charge on any atom is -0.356 e. The van der Waals surface area contributed by atoms with Gasteiger partial charge in [0, 0.05) is 37.8 Å². The molecule has 1 aromatic carbocycles. The fourth-order valence-electron chi connectivity index (χ4n) is 3.66. The molecule has 0 saturated carbocycles. The maximum absolute atomic E-state index is 13.8. The summed E-state index contributed by atoms with van der Waals surface area (Å²) < 4.78 is 27.7. The molecule has 0 bridgehead atoms. The summed E-state index contributed by atoms with van der Waals surface area (Å²) in [4.78, 5) is 19.3. The van der Waals surface area contributed by atoms with E-state index < -0.39 is 11.8 Å². The highest BCUT2D eigenvalue weighted by molar-refractivity contribution is 6.09. The average Bonchev–Trinajstić information content (AvgIpc) is 2.88. The number of hydrogen-bond donors (Lipinski definition) is 1. The van der Waals surface area contributed by atoms with E-state index in [1.165, 1.54) is 6.20 Å². The van der Waals surface area contributed by atoms with Crippen LogP contribution in [0, 0.1) is 18.3 Å². The van der Waals surface area contributed by atoms with E-state index in [2.05, 4.69) is 30.2 Å². The van der Waals surface area contributed by atoms with Crippen molar-refractivity contribution in [3.8, 4) is 6.07 Å². The van der Waals surface area contributed by atoms with E-state index in [1.54, 1.807) is 17.9 Å². The number of pyridine rings is 1. The van der Waals surface area contributed by atoms with E-state index in [1.807, 2.05) is 18.2 Å². The van der Waals surface area contributed by atoms with E-state index in [9.17, 15) is 18.8 Å². The monoisotopic (exact) mass is 412 g/mol. The van der Waals surface area contributed by atoms with Crippen LogP contribution in [0.3, 0.4) is 0 Å². The Kier molecular flexibility index (Phi) is 6.35. The van der Waals surface area contributed by atoms with Crippen LogP contribution in [-0.4, -0.2) is 29.9 Å². The van der Waals surface area contributed by atoms with Crippen LogP contribution < -0.4 is 10.2 Å². The van der Waals surface area contributed by atoms with Crippen LogP contribution in [0.2, 0.25) is 0 Å². The third-order valence-corrected chi connectivity index (χ3v) is 5.49. The van der Waals surface area contributed by atoms with E-state index in [0.717, 1.165) is 5.56 Å². The Labute approximate surface area is 175 Å². The number of carbonyl (C=O) groups excluding carboxylic acids is 1. The van der Waals surface area contributed by atoms with Gasteiger partial charge in [-0.25, -0.2) is 13.8 Å². The van der Waals surface area contributed by atoms with Gasteiger partial charge in [-0.05, 0) is 42.5 Å². The van der Waals surface area contributed by atoms with Gasteiger partial charge in [-0.15, -0.1) is 0 Å². The Morgan fingerprint density at radius 3 is 2.77 bits per heavy atom. The molecule has 5 nitrogen and oxygen atoms in total. The first kappa shape index (κ1) is 21.7. The van der Waals surface area contributed by atoms with E-state index in [0.29, 0.717) is 41.5 Å². The van der Waals surface area contributed by atoms with Gasteiger partial charge in [0.25, 0.3) is 5.91 Å². The second kappa shape index (κ2) is 8.78. The molecule has 0 radical (unpaired) electrons. The van der Waals surface area contributed by atoms with Gasteiger partial charge in [0.05, 0.1) is 11.1 Å². The smallest absolute Gasteiger partial charge is 0.259 e. The summed E-state index contributed by atoms with van der Waals surface area (Å²) in [6.45, 7) is 6.32. The zero-order valence-corrected chi connectivity index (χ0v) is 17.5. The molecule has 2 aromatic rings. The quantitative estimate of drug-likeness (QED) is 0.743. The summed E-state index contributed by atoms with van der Waals surface area (Å²) in [6, 6.07) is 9.63. The van der Waals surface area contributed by atoms with Gasteiger partial charge >= 0.3 is 0 Å². The van der Waals surface area contributed by atoms with Gasteiger partial charge < -0.3 is 10.2 Å². The molecule has 1 aliphatic heterocycles.